The van der Waals surface area contributed by atoms with Crippen LogP contribution in [0.5, 0.6) is 0 Å². The van der Waals surface area contributed by atoms with Crippen LogP contribution in [0.1, 0.15) is 52.1 Å². The normalized spacial score (nSPS) is 11.0. The molecule has 134 valence electrons. The van der Waals surface area contributed by atoms with Crippen molar-refractivity contribution >= 4 is 17.9 Å². The van der Waals surface area contributed by atoms with Crippen molar-refractivity contribution in [2.24, 2.45) is 0 Å². The number of hydrogen-bond acceptors (Lipinski definition) is 5. The maximum atomic E-state index is 11.7. The monoisotopic (exact) mass is 338 g/mol. The molecule has 8 heteroatoms. The fourth-order valence-electron chi connectivity index (χ4n) is 1.96. The Bertz CT molecular complexity index is 619. The Balaban J connectivity index is 2.16. The first kappa shape index (κ1) is 19.7. The highest BCUT2D eigenvalue weighted by atomic mass is 16.6. The Labute approximate surface area is 141 Å². The Morgan fingerprint density at radius 3 is 2.58 bits per heavy atom. The van der Waals surface area contributed by atoms with Gasteiger partial charge in [-0.05, 0) is 40.5 Å². The van der Waals surface area contributed by atoms with Crippen molar-refractivity contribution < 1.29 is 14.3 Å². The number of carbonyl (C=O) groups is 2. The molecular weight excluding hydrogens is 312 g/mol. The molecule has 1 rings (SSSR count). The summed E-state index contributed by atoms with van der Waals surface area (Å²) in [7, 11) is 0. The number of ether oxygens (including phenoxy) is 1. The van der Waals surface area contributed by atoms with E-state index in [1.54, 1.807) is 6.92 Å². The summed E-state index contributed by atoms with van der Waals surface area (Å²) >= 11 is 0. The Morgan fingerprint density at radius 2 is 1.96 bits per heavy atom. The largest absolute Gasteiger partial charge is 0.460 e. The van der Waals surface area contributed by atoms with Gasteiger partial charge in [-0.3, -0.25) is 19.9 Å². The molecule has 0 fully saturated rings. The summed E-state index contributed by atoms with van der Waals surface area (Å²) < 4.78 is 5.21. The van der Waals surface area contributed by atoms with E-state index in [1.165, 1.54) is 6.07 Å². The summed E-state index contributed by atoms with van der Waals surface area (Å²) in [6.07, 6.45) is 2.63. The number of aromatic amines is 1. The van der Waals surface area contributed by atoms with Gasteiger partial charge in [0.2, 0.25) is 5.95 Å². The van der Waals surface area contributed by atoms with Gasteiger partial charge in [0.25, 0.3) is 5.56 Å². The minimum atomic E-state index is -0.457. The van der Waals surface area contributed by atoms with Crippen molar-refractivity contribution in [3.63, 3.8) is 0 Å². The molecule has 0 saturated heterocycles. The minimum Gasteiger partial charge on any atom is -0.460 e. The summed E-state index contributed by atoms with van der Waals surface area (Å²) in [5.74, 6) is -0.0925. The molecule has 3 N–H and O–H groups in total. The number of nitrogens with one attached hydrogen (secondary N) is 3. The van der Waals surface area contributed by atoms with E-state index in [1.807, 2.05) is 20.8 Å². The molecule has 0 radical (unpaired) electrons. The molecule has 0 spiro atoms. The minimum absolute atomic E-state index is 0.113. The molecule has 8 nitrogen and oxygen atoms in total. The molecule has 1 aromatic rings. The molecule has 1 heterocycles. The number of aryl methyl sites for hydroxylation is 1. The number of carbonyl (C=O) groups excluding carboxylic acids is 2. The second-order valence-electron chi connectivity index (χ2n) is 6.51. The lowest BCUT2D eigenvalue weighted by atomic mass is 10.1. The lowest BCUT2D eigenvalue weighted by Crippen LogP contribution is -2.31. The van der Waals surface area contributed by atoms with Crippen LogP contribution in [0.25, 0.3) is 0 Å². The summed E-state index contributed by atoms with van der Waals surface area (Å²) in [5, 5.41) is 5.14. The summed E-state index contributed by atoms with van der Waals surface area (Å²) in [6.45, 7) is 7.65. The average molecular weight is 338 g/mol. The van der Waals surface area contributed by atoms with E-state index in [9.17, 15) is 14.4 Å². The Kier molecular flexibility index (Phi) is 7.41. The van der Waals surface area contributed by atoms with Crippen LogP contribution < -0.4 is 16.2 Å². The van der Waals surface area contributed by atoms with Crippen molar-refractivity contribution in [1.82, 2.24) is 15.3 Å². The van der Waals surface area contributed by atoms with E-state index in [2.05, 4.69) is 20.6 Å². The number of urea groups is 1. The fraction of sp³-hybridized carbons (Fsp3) is 0.625. The highest BCUT2D eigenvalue weighted by Crippen LogP contribution is 2.10. The van der Waals surface area contributed by atoms with Gasteiger partial charge < -0.3 is 10.1 Å². The Morgan fingerprint density at radius 1 is 1.25 bits per heavy atom. The number of H-pyrrole nitrogens is 1. The molecule has 2 amide bonds. The van der Waals surface area contributed by atoms with Crippen molar-refractivity contribution in [2.45, 2.75) is 59.0 Å². The van der Waals surface area contributed by atoms with E-state index < -0.39 is 11.6 Å². The van der Waals surface area contributed by atoms with E-state index >= 15 is 0 Å². The lowest BCUT2D eigenvalue weighted by Gasteiger charge is -2.19. The highest BCUT2D eigenvalue weighted by Gasteiger charge is 2.15. The summed E-state index contributed by atoms with van der Waals surface area (Å²) in [5.41, 5.74) is -0.252. The average Bonchev–Trinajstić information content (AvgIpc) is 2.39. The molecule has 0 bridgehead atoms. The predicted octanol–water partition coefficient (Wildman–Crippen LogP) is 2.10. The first-order valence-electron chi connectivity index (χ1n) is 8.00. The molecule has 0 aliphatic heterocycles. The van der Waals surface area contributed by atoms with Crippen molar-refractivity contribution in [3.05, 3.63) is 22.1 Å². The van der Waals surface area contributed by atoms with Crippen molar-refractivity contribution in [3.8, 4) is 0 Å². The molecule has 1 aromatic heterocycles. The van der Waals surface area contributed by atoms with E-state index in [0.29, 0.717) is 25.1 Å². The van der Waals surface area contributed by atoms with E-state index in [-0.39, 0.29) is 17.5 Å². The second-order valence-corrected chi connectivity index (χ2v) is 6.51. The van der Waals surface area contributed by atoms with Crippen LogP contribution in [0.4, 0.5) is 10.7 Å². The number of nitrogens with zero attached hydrogens (tertiary/aromatic N) is 1. The first-order valence-corrected chi connectivity index (χ1v) is 8.00. The zero-order valence-corrected chi connectivity index (χ0v) is 14.7. The summed E-state index contributed by atoms with van der Waals surface area (Å²) in [4.78, 5) is 40.9. The van der Waals surface area contributed by atoms with Gasteiger partial charge in [-0.1, -0.05) is 6.42 Å². The zero-order valence-electron chi connectivity index (χ0n) is 14.7. The number of rotatable bonds is 7. The van der Waals surface area contributed by atoms with Crippen molar-refractivity contribution in [2.75, 3.05) is 11.9 Å². The van der Waals surface area contributed by atoms with E-state index in [4.69, 9.17) is 4.74 Å². The molecule has 0 saturated carbocycles. The van der Waals surface area contributed by atoms with Crippen LogP contribution in [0.3, 0.4) is 0 Å². The van der Waals surface area contributed by atoms with Gasteiger partial charge in [0.05, 0.1) is 0 Å². The van der Waals surface area contributed by atoms with Gasteiger partial charge in [-0.2, -0.15) is 0 Å². The number of hydrogen-bond donors (Lipinski definition) is 3. The number of unbranched alkanes of at least 4 members (excludes halogenated alkanes) is 2. The maximum absolute atomic E-state index is 11.7. The number of anilines is 1. The zero-order chi connectivity index (χ0) is 18.2. The third kappa shape index (κ3) is 8.92. The molecule has 0 unspecified atom stereocenters. The predicted molar refractivity (Wildman–Crippen MR) is 90.9 cm³/mol. The standard InChI is InChI=1S/C16H26N4O4/c1-11-10-12(21)19-14(18-11)20-15(23)17-9-7-5-6-8-13(22)24-16(2,3)4/h10H,5-9H2,1-4H3,(H3,17,18,19,20,21,23). The van der Waals surface area contributed by atoms with Gasteiger partial charge in [-0.25, -0.2) is 9.78 Å². The van der Waals surface area contributed by atoms with Gasteiger partial charge in [0.1, 0.15) is 5.60 Å². The molecule has 24 heavy (non-hydrogen) atoms. The van der Waals surface area contributed by atoms with Crippen LogP contribution in [0.15, 0.2) is 10.9 Å². The Hall–Kier alpha value is -2.38. The molecule has 0 aromatic carbocycles. The van der Waals surface area contributed by atoms with Crippen LogP contribution >= 0.6 is 0 Å². The molecular formula is C16H26N4O4. The van der Waals surface area contributed by atoms with Crippen LogP contribution in [0, 0.1) is 6.92 Å². The topological polar surface area (TPSA) is 113 Å². The molecule has 0 aliphatic rings. The number of esters is 1. The van der Waals surface area contributed by atoms with Gasteiger partial charge >= 0.3 is 12.0 Å². The lowest BCUT2D eigenvalue weighted by molar-refractivity contribution is -0.154. The second kappa shape index (κ2) is 9.05. The smallest absolute Gasteiger partial charge is 0.321 e. The van der Waals surface area contributed by atoms with Gasteiger partial charge in [0.15, 0.2) is 0 Å². The van der Waals surface area contributed by atoms with Crippen LogP contribution in [0.2, 0.25) is 0 Å². The highest BCUT2D eigenvalue weighted by molar-refractivity contribution is 5.87. The van der Waals surface area contributed by atoms with Gasteiger partial charge in [0, 0.05) is 24.7 Å². The van der Waals surface area contributed by atoms with E-state index in [0.717, 1.165) is 12.8 Å². The van der Waals surface area contributed by atoms with Crippen LogP contribution in [-0.2, 0) is 9.53 Å². The fourth-order valence-corrected chi connectivity index (χ4v) is 1.96. The SMILES string of the molecule is Cc1cc(=O)[nH]c(NC(=O)NCCCCCC(=O)OC(C)(C)C)n1. The molecule has 0 atom stereocenters. The third-order valence-electron chi connectivity index (χ3n) is 2.86. The third-order valence-corrected chi connectivity index (χ3v) is 2.86. The molecule has 0 aliphatic carbocycles. The number of aromatic nitrogens is 2. The maximum Gasteiger partial charge on any atom is 0.321 e. The first-order chi connectivity index (χ1) is 11.2. The quantitative estimate of drug-likeness (QED) is 0.520. The van der Waals surface area contributed by atoms with Gasteiger partial charge in [-0.15, -0.1) is 0 Å². The number of amides is 2. The summed E-state index contributed by atoms with van der Waals surface area (Å²) in [6, 6.07) is 0.907. The van der Waals surface area contributed by atoms with Crippen LogP contribution in [-0.4, -0.2) is 34.1 Å². The van der Waals surface area contributed by atoms with Crippen molar-refractivity contribution in [1.29, 1.82) is 0 Å².